The van der Waals surface area contributed by atoms with Gasteiger partial charge in [-0.05, 0) is 29.9 Å². The molecule has 5 heteroatoms. The van der Waals surface area contributed by atoms with Crippen molar-refractivity contribution in [3.63, 3.8) is 0 Å². The number of nitrogens with zero attached hydrogens (tertiary/aromatic N) is 1. The molecule has 1 atom stereocenters. The monoisotopic (exact) mass is 290 g/mol. The molecule has 5 nitrogen and oxygen atoms in total. The number of aliphatic carboxylic acids is 1. The third-order valence-corrected chi connectivity index (χ3v) is 3.74. The van der Waals surface area contributed by atoms with E-state index in [1.807, 2.05) is 24.3 Å². The second kappa shape index (κ2) is 5.76. The van der Waals surface area contributed by atoms with Gasteiger partial charge in [-0.1, -0.05) is 39.0 Å². The molecule has 0 radical (unpaired) electrons. The van der Waals surface area contributed by atoms with Gasteiger partial charge in [0.05, 0.1) is 0 Å². The lowest BCUT2D eigenvalue weighted by Crippen LogP contribution is -2.54. The number of aryl methyl sites for hydroxylation is 1. The predicted octanol–water partition coefficient (Wildman–Crippen LogP) is 2.65. The molecule has 0 spiro atoms. The number of carbonyl (C=O) groups excluding carboxylic acids is 1. The average Bonchev–Trinajstić information content (AvgIpc) is 2.42. The molecule has 1 aromatic carbocycles. The highest BCUT2D eigenvalue weighted by Crippen LogP contribution is 2.27. The molecule has 114 valence electrons. The number of para-hydroxylation sites is 1. The fourth-order valence-corrected chi connectivity index (χ4v) is 2.59. The molecular formula is C16H22N2O3. The van der Waals surface area contributed by atoms with Crippen LogP contribution in [-0.4, -0.2) is 29.7 Å². The first kappa shape index (κ1) is 15.4. The van der Waals surface area contributed by atoms with Crippen LogP contribution in [0, 0.1) is 5.41 Å². The van der Waals surface area contributed by atoms with Crippen LogP contribution in [0.4, 0.5) is 10.5 Å². The summed E-state index contributed by atoms with van der Waals surface area (Å²) in [6, 6.07) is 6.50. The predicted molar refractivity (Wildman–Crippen MR) is 81.5 cm³/mol. The second-order valence-electron chi connectivity index (χ2n) is 6.47. The highest BCUT2D eigenvalue weighted by molar-refractivity contribution is 5.95. The van der Waals surface area contributed by atoms with Gasteiger partial charge in [0.15, 0.2) is 0 Å². The van der Waals surface area contributed by atoms with E-state index in [2.05, 4.69) is 5.32 Å². The molecule has 1 aromatic rings. The van der Waals surface area contributed by atoms with Crippen molar-refractivity contribution >= 4 is 17.7 Å². The number of carboxylic acids is 1. The summed E-state index contributed by atoms with van der Waals surface area (Å²) in [6.07, 6.45) is 1.83. The minimum absolute atomic E-state index is 0.343. The smallest absolute Gasteiger partial charge is 0.326 e. The van der Waals surface area contributed by atoms with Crippen LogP contribution in [-0.2, 0) is 11.2 Å². The standard InChI is InChI=1S/C16H22N2O3/c1-16(2,3)13(14(19)20)17-15(21)18-10-6-8-11-7-4-5-9-12(11)18/h4-5,7,9,13H,6,8,10H2,1-3H3,(H,17,21)(H,19,20). The SMILES string of the molecule is CC(C)(C)C(NC(=O)N1CCCc2ccccc21)C(=O)O. The van der Waals surface area contributed by atoms with Gasteiger partial charge in [-0.25, -0.2) is 9.59 Å². The summed E-state index contributed by atoms with van der Waals surface area (Å²) in [7, 11) is 0. The largest absolute Gasteiger partial charge is 0.480 e. The number of rotatable bonds is 2. The number of carbonyl (C=O) groups is 2. The average molecular weight is 290 g/mol. The van der Waals surface area contributed by atoms with Crippen LogP contribution in [0.5, 0.6) is 0 Å². The molecule has 1 heterocycles. The number of hydrogen-bond acceptors (Lipinski definition) is 2. The zero-order chi connectivity index (χ0) is 15.6. The molecule has 0 saturated carbocycles. The van der Waals surface area contributed by atoms with E-state index >= 15 is 0 Å². The lowest BCUT2D eigenvalue weighted by Gasteiger charge is -2.33. The van der Waals surface area contributed by atoms with E-state index in [9.17, 15) is 14.7 Å². The molecule has 2 amide bonds. The van der Waals surface area contributed by atoms with Crippen molar-refractivity contribution in [1.82, 2.24) is 5.32 Å². The molecule has 0 aliphatic carbocycles. The molecule has 2 N–H and O–H groups in total. The van der Waals surface area contributed by atoms with Gasteiger partial charge in [0, 0.05) is 12.2 Å². The van der Waals surface area contributed by atoms with Crippen LogP contribution in [0.15, 0.2) is 24.3 Å². The first-order valence-corrected chi connectivity index (χ1v) is 7.19. The Hall–Kier alpha value is -2.04. The number of nitrogens with one attached hydrogen (secondary N) is 1. The van der Waals surface area contributed by atoms with Crippen molar-refractivity contribution in [2.24, 2.45) is 5.41 Å². The van der Waals surface area contributed by atoms with Gasteiger partial charge in [0.2, 0.25) is 0 Å². The first-order chi connectivity index (χ1) is 9.80. The maximum Gasteiger partial charge on any atom is 0.326 e. The maximum absolute atomic E-state index is 12.5. The Morgan fingerprint density at radius 1 is 1.29 bits per heavy atom. The van der Waals surface area contributed by atoms with Crippen molar-refractivity contribution < 1.29 is 14.7 Å². The lowest BCUT2D eigenvalue weighted by atomic mass is 9.87. The van der Waals surface area contributed by atoms with E-state index in [4.69, 9.17) is 0 Å². The van der Waals surface area contributed by atoms with Crippen LogP contribution in [0.3, 0.4) is 0 Å². The summed E-state index contributed by atoms with van der Waals surface area (Å²) >= 11 is 0. The third-order valence-electron chi connectivity index (χ3n) is 3.74. The first-order valence-electron chi connectivity index (χ1n) is 7.19. The Bertz CT molecular complexity index is 549. The summed E-state index contributed by atoms with van der Waals surface area (Å²) < 4.78 is 0. The summed E-state index contributed by atoms with van der Waals surface area (Å²) in [5, 5.41) is 12.0. The number of benzene rings is 1. The van der Waals surface area contributed by atoms with E-state index in [1.165, 1.54) is 0 Å². The quantitative estimate of drug-likeness (QED) is 0.879. The van der Waals surface area contributed by atoms with Gasteiger partial charge < -0.3 is 10.4 Å². The zero-order valence-electron chi connectivity index (χ0n) is 12.7. The molecule has 21 heavy (non-hydrogen) atoms. The highest BCUT2D eigenvalue weighted by atomic mass is 16.4. The van der Waals surface area contributed by atoms with Crippen LogP contribution in [0.2, 0.25) is 0 Å². The molecule has 1 aliphatic heterocycles. The lowest BCUT2D eigenvalue weighted by molar-refractivity contribution is -0.141. The van der Waals surface area contributed by atoms with E-state index in [0.29, 0.717) is 6.54 Å². The normalized spacial score (nSPS) is 16.0. The van der Waals surface area contributed by atoms with Gasteiger partial charge in [-0.3, -0.25) is 4.90 Å². The van der Waals surface area contributed by atoms with Gasteiger partial charge in [-0.15, -0.1) is 0 Å². The molecule has 0 fully saturated rings. The number of urea groups is 1. The second-order valence-corrected chi connectivity index (χ2v) is 6.47. The third kappa shape index (κ3) is 3.35. The van der Waals surface area contributed by atoms with Crippen molar-refractivity contribution in [2.45, 2.75) is 39.7 Å². The number of carboxylic acid groups (broad SMARTS) is 1. The summed E-state index contributed by atoms with van der Waals surface area (Å²) in [6.45, 7) is 6.02. The molecule has 0 saturated heterocycles. The van der Waals surface area contributed by atoms with Gasteiger partial charge in [0.25, 0.3) is 0 Å². The van der Waals surface area contributed by atoms with Crippen molar-refractivity contribution in [2.75, 3.05) is 11.4 Å². The van der Waals surface area contributed by atoms with E-state index in [-0.39, 0.29) is 6.03 Å². The molecule has 0 bridgehead atoms. The molecule has 2 rings (SSSR count). The van der Waals surface area contributed by atoms with Crippen LogP contribution in [0.25, 0.3) is 0 Å². The number of hydrogen-bond donors (Lipinski definition) is 2. The van der Waals surface area contributed by atoms with Crippen molar-refractivity contribution in [1.29, 1.82) is 0 Å². The maximum atomic E-state index is 12.5. The Kier molecular flexibility index (Phi) is 4.21. The minimum atomic E-state index is -1.01. The van der Waals surface area contributed by atoms with E-state index in [0.717, 1.165) is 24.1 Å². The number of anilines is 1. The molecular weight excluding hydrogens is 268 g/mol. The number of fused-ring (bicyclic) bond motifs is 1. The summed E-state index contributed by atoms with van der Waals surface area (Å²) in [5.41, 5.74) is 1.46. The van der Waals surface area contributed by atoms with Gasteiger partial charge in [-0.2, -0.15) is 0 Å². The Morgan fingerprint density at radius 2 is 1.95 bits per heavy atom. The highest BCUT2D eigenvalue weighted by Gasteiger charge is 2.34. The van der Waals surface area contributed by atoms with E-state index in [1.54, 1.807) is 25.7 Å². The fraction of sp³-hybridized carbons (Fsp3) is 0.500. The van der Waals surface area contributed by atoms with Crippen LogP contribution in [0.1, 0.15) is 32.8 Å². The van der Waals surface area contributed by atoms with Gasteiger partial charge in [0.1, 0.15) is 6.04 Å². The van der Waals surface area contributed by atoms with Crippen molar-refractivity contribution in [3.8, 4) is 0 Å². The molecule has 1 aliphatic rings. The minimum Gasteiger partial charge on any atom is -0.480 e. The number of amides is 2. The Morgan fingerprint density at radius 3 is 2.57 bits per heavy atom. The van der Waals surface area contributed by atoms with Crippen LogP contribution < -0.4 is 10.2 Å². The Labute approximate surface area is 125 Å². The topological polar surface area (TPSA) is 69.6 Å². The Balaban J connectivity index is 2.20. The fourth-order valence-electron chi connectivity index (χ4n) is 2.59. The molecule has 1 unspecified atom stereocenters. The molecule has 0 aromatic heterocycles. The zero-order valence-corrected chi connectivity index (χ0v) is 12.7. The summed E-state index contributed by atoms with van der Waals surface area (Å²) in [5.74, 6) is -1.01. The van der Waals surface area contributed by atoms with Crippen molar-refractivity contribution in [3.05, 3.63) is 29.8 Å². The van der Waals surface area contributed by atoms with Crippen LogP contribution >= 0.6 is 0 Å². The van der Waals surface area contributed by atoms with Gasteiger partial charge >= 0.3 is 12.0 Å². The summed E-state index contributed by atoms with van der Waals surface area (Å²) in [4.78, 5) is 25.5. The van der Waals surface area contributed by atoms with E-state index < -0.39 is 17.4 Å².